The molecule has 0 aliphatic carbocycles. The summed E-state index contributed by atoms with van der Waals surface area (Å²) in [4.78, 5) is 1.92. The van der Waals surface area contributed by atoms with Crippen LogP contribution < -0.4 is 0 Å². The summed E-state index contributed by atoms with van der Waals surface area (Å²) in [6.45, 7) is 5.14. The molecule has 0 bridgehead atoms. The summed E-state index contributed by atoms with van der Waals surface area (Å²) in [5, 5.41) is 0. The van der Waals surface area contributed by atoms with Crippen molar-refractivity contribution in [3.63, 3.8) is 0 Å². The highest BCUT2D eigenvalue weighted by atomic mass is 79.9. The number of rotatable bonds is 3. The summed E-state index contributed by atoms with van der Waals surface area (Å²) >= 11 is 3.12. The molecule has 4 nitrogen and oxygen atoms in total. The topological polar surface area (TPSA) is 40.6 Å². The Morgan fingerprint density at radius 2 is 1.89 bits per heavy atom. The van der Waals surface area contributed by atoms with E-state index < -0.39 is 15.8 Å². The van der Waals surface area contributed by atoms with Gasteiger partial charge in [-0.15, -0.1) is 0 Å². The van der Waals surface area contributed by atoms with E-state index in [0.29, 0.717) is 30.7 Å². The average Bonchev–Trinajstić information content (AvgIpc) is 2.38. The Kier molecular flexibility index (Phi) is 4.60. The van der Waals surface area contributed by atoms with Crippen molar-refractivity contribution in [3.05, 3.63) is 28.5 Å². The quantitative estimate of drug-likeness (QED) is 0.836. The third kappa shape index (κ3) is 3.16. The number of likely N-dealkylation sites (N-methyl/N-ethyl adjacent to an activating group) is 1. The van der Waals surface area contributed by atoms with Crippen molar-refractivity contribution in [1.82, 2.24) is 9.21 Å². The number of benzene rings is 1. The van der Waals surface area contributed by atoms with E-state index in [4.69, 9.17) is 0 Å². The molecular formula is C12H16BrFN2O2S. The van der Waals surface area contributed by atoms with Gasteiger partial charge in [0.05, 0.1) is 0 Å². The van der Waals surface area contributed by atoms with Gasteiger partial charge in [0.15, 0.2) is 0 Å². The first-order chi connectivity index (χ1) is 8.95. The highest BCUT2D eigenvalue weighted by molar-refractivity contribution is 9.10. The largest absolute Gasteiger partial charge is 0.301 e. The van der Waals surface area contributed by atoms with Crippen molar-refractivity contribution in [2.45, 2.75) is 11.8 Å². The van der Waals surface area contributed by atoms with Crippen LogP contribution in [0.15, 0.2) is 27.6 Å². The van der Waals surface area contributed by atoms with Crippen molar-refractivity contribution >= 4 is 26.0 Å². The lowest BCUT2D eigenvalue weighted by Gasteiger charge is -2.33. The summed E-state index contributed by atoms with van der Waals surface area (Å²) in [5.41, 5.74) is 0. The van der Waals surface area contributed by atoms with Gasteiger partial charge in [-0.05, 0) is 24.7 Å². The van der Waals surface area contributed by atoms with Crippen LogP contribution in [0, 0.1) is 5.82 Å². The zero-order valence-electron chi connectivity index (χ0n) is 10.6. The molecule has 2 rings (SSSR count). The summed E-state index contributed by atoms with van der Waals surface area (Å²) in [5.74, 6) is -0.715. The standard InChI is InChI=1S/C12H16BrFN2O2S/c1-2-15-5-7-16(8-6-15)19(17,18)12-4-3-10(13)9-11(12)14/h3-4,9H,2,5-8H2,1H3. The number of hydrogen-bond donors (Lipinski definition) is 0. The van der Waals surface area contributed by atoms with Crippen LogP contribution in [0.1, 0.15) is 6.92 Å². The Morgan fingerprint density at radius 1 is 1.26 bits per heavy atom. The van der Waals surface area contributed by atoms with E-state index in [1.807, 2.05) is 6.92 Å². The van der Waals surface area contributed by atoms with E-state index in [2.05, 4.69) is 20.8 Å². The normalized spacial score (nSPS) is 18.7. The molecule has 1 fully saturated rings. The van der Waals surface area contributed by atoms with Crippen molar-refractivity contribution in [2.75, 3.05) is 32.7 Å². The molecule has 7 heteroatoms. The average molecular weight is 351 g/mol. The summed E-state index contributed by atoms with van der Waals surface area (Å²) in [7, 11) is -3.73. The molecule has 19 heavy (non-hydrogen) atoms. The van der Waals surface area contributed by atoms with Crippen LogP contribution in [0.2, 0.25) is 0 Å². The minimum atomic E-state index is -3.73. The fourth-order valence-electron chi connectivity index (χ4n) is 2.11. The predicted molar refractivity (Wildman–Crippen MR) is 75.0 cm³/mol. The molecule has 0 radical (unpaired) electrons. The van der Waals surface area contributed by atoms with E-state index in [1.54, 1.807) is 0 Å². The second-order valence-electron chi connectivity index (χ2n) is 4.41. The smallest absolute Gasteiger partial charge is 0.246 e. The first-order valence-electron chi connectivity index (χ1n) is 6.12. The van der Waals surface area contributed by atoms with Gasteiger partial charge in [-0.25, -0.2) is 12.8 Å². The molecule has 1 aromatic carbocycles. The molecule has 0 spiro atoms. The van der Waals surface area contributed by atoms with Crippen LogP contribution in [0.25, 0.3) is 0 Å². The van der Waals surface area contributed by atoms with Gasteiger partial charge in [0, 0.05) is 30.7 Å². The number of nitrogens with zero attached hydrogens (tertiary/aromatic N) is 2. The highest BCUT2D eigenvalue weighted by Crippen LogP contribution is 2.23. The van der Waals surface area contributed by atoms with Gasteiger partial charge in [-0.2, -0.15) is 4.31 Å². The van der Waals surface area contributed by atoms with Gasteiger partial charge < -0.3 is 4.90 Å². The zero-order chi connectivity index (χ0) is 14.0. The molecule has 0 amide bonds. The Bertz CT molecular complexity index is 557. The fraction of sp³-hybridized carbons (Fsp3) is 0.500. The Morgan fingerprint density at radius 3 is 2.42 bits per heavy atom. The molecule has 0 unspecified atom stereocenters. The van der Waals surface area contributed by atoms with Crippen LogP contribution in [0.3, 0.4) is 0 Å². The van der Waals surface area contributed by atoms with E-state index in [-0.39, 0.29) is 4.90 Å². The lowest BCUT2D eigenvalue weighted by molar-refractivity contribution is 0.196. The van der Waals surface area contributed by atoms with Crippen LogP contribution in [0.5, 0.6) is 0 Å². The molecule has 1 aliphatic rings. The van der Waals surface area contributed by atoms with Gasteiger partial charge in [0.2, 0.25) is 10.0 Å². The molecule has 1 aromatic rings. The number of piperazine rings is 1. The van der Waals surface area contributed by atoms with E-state index >= 15 is 0 Å². The molecule has 0 N–H and O–H groups in total. The van der Waals surface area contributed by atoms with Gasteiger partial charge in [0.1, 0.15) is 10.7 Å². The predicted octanol–water partition coefficient (Wildman–Crippen LogP) is 1.91. The van der Waals surface area contributed by atoms with Crippen molar-refractivity contribution in [1.29, 1.82) is 0 Å². The molecule has 0 atom stereocenters. The van der Waals surface area contributed by atoms with E-state index in [1.165, 1.54) is 22.5 Å². The minimum Gasteiger partial charge on any atom is -0.301 e. The first kappa shape index (κ1) is 14.9. The second kappa shape index (κ2) is 5.87. The molecular weight excluding hydrogens is 335 g/mol. The lowest BCUT2D eigenvalue weighted by Crippen LogP contribution is -2.48. The maximum Gasteiger partial charge on any atom is 0.246 e. The first-order valence-corrected chi connectivity index (χ1v) is 8.36. The van der Waals surface area contributed by atoms with Gasteiger partial charge >= 0.3 is 0 Å². The monoisotopic (exact) mass is 350 g/mol. The molecule has 0 saturated carbocycles. The number of hydrogen-bond acceptors (Lipinski definition) is 3. The summed E-state index contributed by atoms with van der Waals surface area (Å²) in [6.07, 6.45) is 0. The van der Waals surface area contributed by atoms with Crippen molar-refractivity contribution in [2.24, 2.45) is 0 Å². The SMILES string of the molecule is CCN1CCN(S(=O)(=O)c2ccc(Br)cc2F)CC1. The fourth-order valence-corrected chi connectivity index (χ4v) is 3.91. The molecule has 1 aliphatic heterocycles. The maximum absolute atomic E-state index is 13.8. The highest BCUT2D eigenvalue weighted by Gasteiger charge is 2.30. The number of sulfonamides is 1. The third-order valence-electron chi connectivity index (χ3n) is 3.29. The van der Waals surface area contributed by atoms with Crippen LogP contribution in [-0.2, 0) is 10.0 Å². The second-order valence-corrected chi connectivity index (χ2v) is 7.24. The maximum atomic E-state index is 13.8. The van der Waals surface area contributed by atoms with Crippen LogP contribution >= 0.6 is 15.9 Å². The summed E-state index contributed by atoms with van der Waals surface area (Å²) < 4.78 is 40.4. The lowest BCUT2D eigenvalue weighted by atomic mass is 10.3. The summed E-state index contributed by atoms with van der Waals surface area (Å²) in [6, 6.07) is 4.02. The Balaban J connectivity index is 2.23. The van der Waals surface area contributed by atoms with Crippen LogP contribution in [0.4, 0.5) is 4.39 Å². The number of halogens is 2. The van der Waals surface area contributed by atoms with Gasteiger partial charge in [0.25, 0.3) is 0 Å². The molecule has 1 saturated heterocycles. The van der Waals surface area contributed by atoms with Crippen molar-refractivity contribution in [3.8, 4) is 0 Å². The van der Waals surface area contributed by atoms with E-state index in [0.717, 1.165) is 6.54 Å². The van der Waals surface area contributed by atoms with Crippen molar-refractivity contribution < 1.29 is 12.8 Å². The van der Waals surface area contributed by atoms with Crippen LogP contribution in [-0.4, -0.2) is 50.3 Å². The Labute approximate surface area is 121 Å². The third-order valence-corrected chi connectivity index (χ3v) is 5.72. The molecule has 1 heterocycles. The van der Waals surface area contributed by atoms with Gasteiger partial charge in [-0.3, -0.25) is 0 Å². The Hall–Kier alpha value is -0.500. The molecule has 106 valence electrons. The zero-order valence-corrected chi connectivity index (χ0v) is 13.0. The minimum absolute atomic E-state index is 0.249. The van der Waals surface area contributed by atoms with E-state index in [9.17, 15) is 12.8 Å². The van der Waals surface area contributed by atoms with Gasteiger partial charge in [-0.1, -0.05) is 22.9 Å². The molecule has 0 aromatic heterocycles.